The number of carbonyl (C=O) groups is 1. The van der Waals surface area contributed by atoms with Crippen LogP contribution in [-0.4, -0.2) is 40.7 Å². The first kappa shape index (κ1) is 23.6. The molecule has 1 aliphatic heterocycles. The van der Waals surface area contributed by atoms with Gasteiger partial charge in [0.05, 0.1) is 16.3 Å². The van der Waals surface area contributed by atoms with Crippen molar-refractivity contribution in [2.45, 2.75) is 62.0 Å². The summed E-state index contributed by atoms with van der Waals surface area (Å²) in [6.45, 7) is 0. The highest BCUT2D eigenvalue weighted by Gasteiger charge is 2.61. The lowest BCUT2D eigenvalue weighted by molar-refractivity contribution is -0.192. The van der Waals surface area contributed by atoms with Crippen LogP contribution in [0.15, 0.2) is 24.5 Å². The largest absolute Gasteiger partial charge is 0.421 e. The van der Waals surface area contributed by atoms with E-state index in [4.69, 9.17) is 11.6 Å². The number of rotatable bonds is 3. The van der Waals surface area contributed by atoms with Crippen molar-refractivity contribution in [1.29, 1.82) is 0 Å². The van der Waals surface area contributed by atoms with Crippen LogP contribution in [-0.2, 0) is 11.0 Å². The fourth-order valence-electron chi connectivity index (χ4n) is 3.96. The molecule has 0 radical (unpaired) electrons. The van der Waals surface area contributed by atoms with Gasteiger partial charge in [0.1, 0.15) is 0 Å². The number of hydrogen-bond donors (Lipinski definition) is 2. The minimum atomic E-state index is -4.91. The van der Waals surface area contributed by atoms with E-state index in [0.717, 1.165) is 29.8 Å². The number of hydrazine groups is 1. The summed E-state index contributed by atoms with van der Waals surface area (Å²) in [6, 6.07) is -0.0155. The van der Waals surface area contributed by atoms with Gasteiger partial charge in [0.15, 0.2) is 0 Å². The fourth-order valence-corrected chi connectivity index (χ4v) is 4.26. The monoisotopic (exact) mass is 470 g/mol. The van der Waals surface area contributed by atoms with Crippen LogP contribution in [0, 0.1) is 0 Å². The number of carbonyl (C=O) groups excluding carboxylic acids is 1. The lowest BCUT2D eigenvalue weighted by Crippen LogP contribution is -2.66. The molecule has 3 unspecified atom stereocenters. The maximum Gasteiger partial charge on any atom is 0.421 e. The molecule has 0 aromatic carbocycles. The summed E-state index contributed by atoms with van der Waals surface area (Å²) in [7, 11) is 1.33. The molecule has 2 heterocycles. The lowest BCUT2D eigenvalue weighted by atomic mass is 9.89. The molecule has 1 aromatic rings. The van der Waals surface area contributed by atoms with E-state index in [0.29, 0.717) is 31.9 Å². The Morgan fingerprint density at radius 1 is 1.23 bits per heavy atom. The maximum absolute atomic E-state index is 13.8. The van der Waals surface area contributed by atoms with E-state index >= 15 is 0 Å². The van der Waals surface area contributed by atoms with E-state index in [1.165, 1.54) is 7.05 Å². The first-order chi connectivity index (χ1) is 14.3. The van der Waals surface area contributed by atoms with Crippen LogP contribution in [0.25, 0.3) is 0 Å². The predicted octanol–water partition coefficient (Wildman–Crippen LogP) is 4.55. The molecule has 31 heavy (non-hydrogen) atoms. The number of aromatic nitrogens is 1. The Morgan fingerprint density at radius 3 is 2.45 bits per heavy atom. The van der Waals surface area contributed by atoms with Crippen LogP contribution in [0.4, 0.5) is 26.3 Å². The van der Waals surface area contributed by atoms with Crippen LogP contribution in [0.5, 0.6) is 0 Å². The van der Waals surface area contributed by atoms with Gasteiger partial charge in [-0.05, 0) is 25.0 Å². The molecule has 1 saturated carbocycles. The van der Waals surface area contributed by atoms with Gasteiger partial charge in [-0.1, -0.05) is 30.9 Å². The van der Waals surface area contributed by atoms with Crippen molar-refractivity contribution in [3.05, 3.63) is 40.8 Å². The molecule has 172 valence electrons. The molecule has 12 heteroatoms. The van der Waals surface area contributed by atoms with E-state index in [2.05, 4.69) is 15.7 Å². The average molecular weight is 471 g/mol. The topological polar surface area (TPSA) is 57.3 Å². The maximum atomic E-state index is 13.8. The molecular weight excluding hydrogens is 450 g/mol. The fraction of sp³-hybridized carbons (Fsp3) is 0.579. The third kappa shape index (κ3) is 4.77. The predicted molar refractivity (Wildman–Crippen MR) is 101 cm³/mol. The van der Waals surface area contributed by atoms with Gasteiger partial charge in [-0.3, -0.25) is 9.78 Å². The van der Waals surface area contributed by atoms with E-state index in [1.54, 1.807) is 0 Å². The van der Waals surface area contributed by atoms with Gasteiger partial charge in [0.25, 0.3) is 5.91 Å². The van der Waals surface area contributed by atoms with Crippen molar-refractivity contribution in [2.24, 2.45) is 0 Å². The molecular formula is C19H21ClF6N4O. The second-order valence-electron chi connectivity index (χ2n) is 7.76. The second-order valence-corrected chi connectivity index (χ2v) is 8.16. The molecule has 2 N–H and O–H groups in total. The standard InChI is InChI=1S/C19H21ClF6N4O/c1-30-8-7-17(29-30,19(24,25)26)16(31)28-14-6-4-2-3-5-12(14)15-13(20)9-11(10-27-15)18(21,22)23/h7-10,12,14,29H,2-6H2,1H3,(H,28,31). The van der Waals surface area contributed by atoms with Gasteiger partial charge in [0, 0.05) is 31.4 Å². The number of amides is 1. The first-order valence-corrected chi connectivity index (χ1v) is 10.0. The van der Waals surface area contributed by atoms with E-state index < -0.39 is 41.3 Å². The van der Waals surface area contributed by atoms with Crippen molar-refractivity contribution in [3.63, 3.8) is 0 Å². The van der Waals surface area contributed by atoms with Gasteiger partial charge in [-0.15, -0.1) is 0 Å². The van der Waals surface area contributed by atoms with Crippen molar-refractivity contribution in [2.75, 3.05) is 7.05 Å². The minimum Gasteiger partial charge on any atom is -0.350 e. The molecule has 2 aliphatic rings. The van der Waals surface area contributed by atoms with Gasteiger partial charge in [0.2, 0.25) is 5.54 Å². The molecule has 3 atom stereocenters. The Morgan fingerprint density at radius 2 is 1.90 bits per heavy atom. The second kappa shape index (κ2) is 8.50. The Kier molecular flexibility index (Phi) is 6.48. The van der Waals surface area contributed by atoms with E-state index in [9.17, 15) is 31.1 Å². The molecule has 0 bridgehead atoms. The number of nitrogens with zero attached hydrogens (tertiary/aromatic N) is 2. The average Bonchev–Trinajstić information content (AvgIpc) is 2.93. The van der Waals surface area contributed by atoms with Crippen LogP contribution in [0.1, 0.15) is 49.3 Å². The van der Waals surface area contributed by atoms with E-state index in [1.807, 2.05) is 0 Å². The summed E-state index contributed by atoms with van der Waals surface area (Å²) in [5.41, 5.74) is -1.70. The molecule has 1 amide bonds. The zero-order valence-corrected chi connectivity index (χ0v) is 17.2. The number of halogens is 7. The molecule has 1 aliphatic carbocycles. The van der Waals surface area contributed by atoms with Crippen LogP contribution in [0.3, 0.4) is 0 Å². The third-order valence-corrected chi connectivity index (χ3v) is 5.89. The van der Waals surface area contributed by atoms with Gasteiger partial charge >= 0.3 is 12.4 Å². The zero-order valence-electron chi connectivity index (χ0n) is 16.4. The molecule has 5 nitrogen and oxygen atoms in total. The van der Waals surface area contributed by atoms with Crippen LogP contribution in [0.2, 0.25) is 5.02 Å². The minimum absolute atomic E-state index is 0.134. The lowest BCUT2D eigenvalue weighted by Gasteiger charge is -2.34. The summed E-state index contributed by atoms with van der Waals surface area (Å²) in [5.74, 6) is -1.91. The van der Waals surface area contributed by atoms with Crippen molar-refractivity contribution in [1.82, 2.24) is 20.7 Å². The number of alkyl halides is 6. The quantitative estimate of drug-likeness (QED) is 0.502. The van der Waals surface area contributed by atoms with E-state index in [-0.39, 0.29) is 10.7 Å². The highest BCUT2D eigenvalue weighted by atomic mass is 35.5. The molecule has 0 saturated heterocycles. The van der Waals surface area contributed by atoms with Crippen molar-refractivity contribution >= 4 is 17.5 Å². The highest BCUT2D eigenvalue weighted by molar-refractivity contribution is 6.31. The summed E-state index contributed by atoms with van der Waals surface area (Å²) in [4.78, 5) is 16.7. The van der Waals surface area contributed by atoms with Gasteiger partial charge < -0.3 is 10.3 Å². The zero-order chi connectivity index (χ0) is 23.0. The smallest absolute Gasteiger partial charge is 0.350 e. The van der Waals surface area contributed by atoms with Gasteiger partial charge in [-0.25, -0.2) is 5.43 Å². The van der Waals surface area contributed by atoms with Crippen molar-refractivity contribution < 1.29 is 31.1 Å². The molecule has 0 spiro atoms. The van der Waals surface area contributed by atoms with Crippen molar-refractivity contribution in [3.8, 4) is 0 Å². The number of hydrogen-bond acceptors (Lipinski definition) is 4. The normalized spacial score (nSPS) is 27.3. The molecule has 1 fully saturated rings. The van der Waals surface area contributed by atoms with Crippen LogP contribution >= 0.6 is 11.6 Å². The molecule has 1 aromatic heterocycles. The molecule has 3 rings (SSSR count). The summed E-state index contributed by atoms with van der Waals surface area (Å²) in [5, 5.41) is 3.27. The Labute approximate surface area is 179 Å². The first-order valence-electron chi connectivity index (χ1n) is 9.65. The van der Waals surface area contributed by atoms with Gasteiger partial charge in [-0.2, -0.15) is 26.3 Å². The SMILES string of the molecule is CN1C=CC(C(=O)NC2CCCCCC2c2ncc(C(F)(F)F)cc2Cl)(C(F)(F)F)N1. The third-order valence-electron chi connectivity index (χ3n) is 5.59. The number of nitrogens with one attached hydrogen (secondary N) is 2. The summed E-state index contributed by atoms with van der Waals surface area (Å²) in [6.07, 6.45) is -4.19. The number of pyridine rings is 1. The van der Waals surface area contributed by atoms with Crippen LogP contribution < -0.4 is 10.7 Å². The summed E-state index contributed by atoms with van der Waals surface area (Å²) >= 11 is 6.08. The highest BCUT2D eigenvalue weighted by Crippen LogP contribution is 2.39. The Hall–Kier alpha value is -2.01. The Balaban J connectivity index is 1.90. The summed E-state index contributed by atoms with van der Waals surface area (Å²) < 4.78 is 80.1. The Bertz CT molecular complexity index is 859.